The molecule has 2 aromatic heterocycles. The number of H-pyrrole nitrogens is 2. The van der Waals surface area contributed by atoms with Gasteiger partial charge in [-0.1, -0.05) is 13.8 Å². The number of carbonyl (C=O) groups is 4. The van der Waals surface area contributed by atoms with Crippen molar-refractivity contribution in [2.45, 2.75) is 80.1 Å². The standard InChI is InChI=1S/C35H42N4O6/c1-9-22-18(3)26(36-29(22)16-28-19(4)23(10-2)35(43)38-28)15-27-20(5)24(11-13-32(40)44-7)30(37-27)17-31-25(12-14-33(41)45-8)21(6)34(42)39-31/h15-17,36-37H,9-14H2,1-8H3,(H,39,42)/b26-15-,29-16?,31-17-. The number of aliphatic imine (C=N–C) groups is 1. The highest BCUT2D eigenvalue weighted by atomic mass is 16.5. The van der Waals surface area contributed by atoms with Crippen molar-refractivity contribution >= 4 is 47.7 Å². The van der Waals surface area contributed by atoms with Gasteiger partial charge in [0.2, 0.25) is 0 Å². The third-order valence-corrected chi connectivity index (χ3v) is 8.76. The molecule has 0 aromatic carbocycles. The molecule has 2 aliphatic rings. The first-order chi connectivity index (χ1) is 21.4. The van der Waals surface area contributed by atoms with E-state index in [0.717, 1.165) is 67.5 Å². The first kappa shape index (κ1) is 33.2. The summed E-state index contributed by atoms with van der Waals surface area (Å²) in [7, 11) is 2.71. The highest BCUT2D eigenvalue weighted by Gasteiger charge is 2.26. The van der Waals surface area contributed by atoms with Crippen molar-refractivity contribution in [1.29, 1.82) is 0 Å². The monoisotopic (exact) mass is 614 g/mol. The van der Waals surface area contributed by atoms with Crippen LogP contribution in [0.2, 0.25) is 0 Å². The second-order valence-electron chi connectivity index (χ2n) is 11.3. The molecular weight excluding hydrogens is 572 g/mol. The predicted octanol–water partition coefficient (Wildman–Crippen LogP) is 3.69. The molecule has 0 spiro atoms. The van der Waals surface area contributed by atoms with Crippen molar-refractivity contribution in [1.82, 2.24) is 15.3 Å². The number of aromatic amines is 2. The summed E-state index contributed by atoms with van der Waals surface area (Å²) in [5, 5.41) is 4.74. The molecule has 10 heteroatoms. The molecule has 45 heavy (non-hydrogen) atoms. The lowest BCUT2D eigenvalue weighted by Gasteiger charge is -2.07. The van der Waals surface area contributed by atoms with Crippen molar-refractivity contribution in [2.75, 3.05) is 14.2 Å². The average molecular weight is 615 g/mol. The molecule has 0 saturated heterocycles. The average Bonchev–Trinajstić information content (AvgIpc) is 3.66. The van der Waals surface area contributed by atoms with Crippen molar-refractivity contribution in [3.63, 3.8) is 0 Å². The number of aromatic nitrogens is 2. The first-order valence-corrected chi connectivity index (χ1v) is 15.3. The van der Waals surface area contributed by atoms with Crippen LogP contribution in [0.15, 0.2) is 33.0 Å². The van der Waals surface area contributed by atoms with Gasteiger partial charge in [-0.2, -0.15) is 0 Å². The third kappa shape index (κ3) is 6.84. The molecule has 0 unspecified atom stereocenters. The van der Waals surface area contributed by atoms with Gasteiger partial charge in [-0.15, -0.1) is 0 Å². The Labute approximate surface area is 263 Å². The number of hydrogen-bond donors (Lipinski definition) is 3. The van der Waals surface area contributed by atoms with Gasteiger partial charge in [0, 0.05) is 51.8 Å². The van der Waals surface area contributed by atoms with E-state index in [0.29, 0.717) is 36.2 Å². The Balaban J connectivity index is 1.83. The largest absolute Gasteiger partial charge is 0.469 e. The number of carbonyl (C=O) groups excluding carboxylic acids is 4. The zero-order chi connectivity index (χ0) is 33.0. The fourth-order valence-electron chi connectivity index (χ4n) is 5.96. The number of amides is 2. The third-order valence-electron chi connectivity index (χ3n) is 8.76. The van der Waals surface area contributed by atoms with E-state index in [1.165, 1.54) is 14.2 Å². The minimum absolute atomic E-state index is 0.147. The van der Waals surface area contributed by atoms with Gasteiger partial charge in [0.05, 0.1) is 19.9 Å². The molecule has 0 fully saturated rings. The molecule has 3 N–H and O–H groups in total. The van der Waals surface area contributed by atoms with E-state index in [9.17, 15) is 19.2 Å². The Hall–Kier alpha value is -4.73. The fourth-order valence-corrected chi connectivity index (χ4v) is 5.96. The number of methoxy groups -OCH3 is 2. The summed E-state index contributed by atoms with van der Waals surface area (Å²) in [4.78, 5) is 60.3. The molecule has 2 aromatic rings. The summed E-state index contributed by atoms with van der Waals surface area (Å²) >= 11 is 0. The minimum Gasteiger partial charge on any atom is -0.469 e. The topological polar surface area (TPSA) is 143 Å². The summed E-state index contributed by atoms with van der Waals surface area (Å²) < 4.78 is 9.70. The van der Waals surface area contributed by atoms with Crippen molar-refractivity contribution in [3.8, 4) is 0 Å². The van der Waals surface area contributed by atoms with Crippen LogP contribution < -0.4 is 16.0 Å². The molecular formula is C35H42N4O6. The maximum Gasteiger partial charge on any atom is 0.305 e. The summed E-state index contributed by atoms with van der Waals surface area (Å²) in [6, 6.07) is 0. The molecule has 4 heterocycles. The van der Waals surface area contributed by atoms with E-state index in [1.807, 2.05) is 39.0 Å². The Morgan fingerprint density at radius 2 is 1.40 bits per heavy atom. The number of nitrogens with zero attached hydrogens (tertiary/aromatic N) is 1. The molecule has 0 atom stereocenters. The van der Waals surface area contributed by atoms with Gasteiger partial charge >= 0.3 is 11.9 Å². The molecule has 0 radical (unpaired) electrons. The van der Waals surface area contributed by atoms with Gasteiger partial charge in [0.1, 0.15) is 0 Å². The van der Waals surface area contributed by atoms with E-state index in [-0.39, 0.29) is 36.6 Å². The normalized spacial score (nSPS) is 16.8. The molecule has 2 amide bonds. The smallest absolute Gasteiger partial charge is 0.305 e. The Morgan fingerprint density at radius 1 is 0.733 bits per heavy atom. The Kier molecular flexibility index (Phi) is 10.3. The molecule has 0 bridgehead atoms. The lowest BCUT2D eigenvalue weighted by molar-refractivity contribution is -0.141. The van der Waals surface area contributed by atoms with Gasteiger partial charge in [0.15, 0.2) is 0 Å². The van der Waals surface area contributed by atoms with Crippen LogP contribution in [0.4, 0.5) is 0 Å². The van der Waals surface area contributed by atoms with Crippen LogP contribution in [-0.2, 0) is 41.5 Å². The predicted molar refractivity (Wildman–Crippen MR) is 174 cm³/mol. The van der Waals surface area contributed by atoms with Crippen LogP contribution in [0.5, 0.6) is 0 Å². The van der Waals surface area contributed by atoms with E-state index < -0.39 is 0 Å². The lowest BCUT2D eigenvalue weighted by Crippen LogP contribution is -2.15. The van der Waals surface area contributed by atoms with Crippen molar-refractivity contribution in [3.05, 3.63) is 72.3 Å². The first-order valence-electron chi connectivity index (χ1n) is 15.3. The fraction of sp³-hybridized carbons (Fsp3) is 0.400. The summed E-state index contributed by atoms with van der Waals surface area (Å²) in [5.74, 6) is -1.06. The van der Waals surface area contributed by atoms with Gasteiger partial charge in [-0.05, 0) is 105 Å². The molecule has 238 valence electrons. The van der Waals surface area contributed by atoms with E-state index >= 15 is 0 Å². The summed E-state index contributed by atoms with van der Waals surface area (Å²) in [6.07, 6.45) is 8.41. The van der Waals surface area contributed by atoms with Gasteiger partial charge in [-0.3, -0.25) is 19.2 Å². The van der Waals surface area contributed by atoms with Gasteiger partial charge in [-0.25, -0.2) is 4.99 Å². The van der Waals surface area contributed by atoms with E-state index in [2.05, 4.69) is 34.1 Å². The van der Waals surface area contributed by atoms with Crippen LogP contribution in [-0.4, -0.2) is 53.7 Å². The highest BCUT2D eigenvalue weighted by Crippen LogP contribution is 2.30. The number of allylic oxidation sites excluding steroid dienone is 2. The lowest BCUT2D eigenvalue weighted by atomic mass is 10.0. The van der Waals surface area contributed by atoms with E-state index in [1.54, 1.807) is 6.92 Å². The van der Waals surface area contributed by atoms with Crippen LogP contribution in [0, 0.1) is 13.8 Å². The SMILES string of the molecule is CCC1=C(C)C(C=c2[nH]/c(=C\c3[nH]c(/C=C4\NC(=O)C(C)=C4CCC(=O)OC)c(CCC(=O)OC)c3C)c(C)c2CC)=NC1=O. The van der Waals surface area contributed by atoms with Gasteiger partial charge < -0.3 is 24.8 Å². The second kappa shape index (κ2) is 13.9. The van der Waals surface area contributed by atoms with Crippen LogP contribution in [0.3, 0.4) is 0 Å². The van der Waals surface area contributed by atoms with Crippen LogP contribution >= 0.6 is 0 Å². The number of hydrogen-bond acceptors (Lipinski definition) is 6. The quantitative estimate of drug-likeness (QED) is 0.330. The number of esters is 2. The zero-order valence-corrected chi connectivity index (χ0v) is 27.4. The minimum atomic E-state index is -0.353. The number of nitrogens with one attached hydrogen (secondary N) is 3. The van der Waals surface area contributed by atoms with Crippen molar-refractivity contribution < 1.29 is 28.7 Å². The number of rotatable bonds is 11. The summed E-state index contributed by atoms with van der Waals surface area (Å²) in [5.41, 5.74) is 9.94. The summed E-state index contributed by atoms with van der Waals surface area (Å²) in [6.45, 7) is 11.8. The second-order valence-corrected chi connectivity index (χ2v) is 11.3. The maximum absolute atomic E-state index is 12.6. The number of ether oxygens (including phenoxy) is 2. The molecule has 2 aliphatic heterocycles. The van der Waals surface area contributed by atoms with Crippen LogP contribution in [0.25, 0.3) is 18.2 Å². The zero-order valence-electron chi connectivity index (χ0n) is 27.4. The van der Waals surface area contributed by atoms with Gasteiger partial charge in [0.25, 0.3) is 11.8 Å². The Bertz CT molecular complexity index is 1830. The van der Waals surface area contributed by atoms with E-state index in [4.69, 9.17) is 9.47 Å². The molecule has 4 rings (SSSR count). The molecule has 0 aliphatic carbocycles. The molecule has 10 nitrogen and oxygen atoms in total. The highest BCUT2D eigenvalue weighted by molar-refractivity contribution is 6.30. The Morgan fingerprint density at radius 3 is 2.00 bits per heavy atom. The molecule has 0 saturated carbocycles. The van der Waals surface area contributed by atoms with Crippen LogP contribution in [0.1, 0.15) is 87.0 Å². The van der Waals surface area contributed by atoms with Crippen molar-refractivity contribution in [2.24, 2.45) is 4.99 Å². The maximum atomic E-state index is 12.6.